The number of carboxylic acids is 1. The maximum atomic E-state index is 13.0. The van der Waals surface area contributed by atoms with Crippen LogP contribution in [0.4, 0.5) is 5.69 Å². The van der Waals surface area contributed by atoms with E-state index in [1.165, 1.54) is 4.90 Å². The molecule has 1 amide bonds. The first-order valence-corrected chi connectivity index (χ1v) is 7.91. The lowest BCUT2D eigenvalue weighted by Gasteiger charge is -2.37. The molecule has 0 bridgehead atoms. The average Bonchev–Trinajstić information content (AvgIpc) is 2.51. The van der Waals surface area contributed by atoms with E-state index in [1.54, 1.807) is 13.8 Å². The van der Waals surface area contributed by atoms with E-state index in [4.69, 9.17) is 0 Å². The van der Waals surface area contributed by atoms with Gasteiger partial charge in [0, 0.05) is 0 Å². The van der Waals surface area contributed by atoms with Crippen LogP contribution in [-0.2, 0) is 16.0 Å². The van der Waals surface area contributed by atoms with Crippen molar-refractivity contribution in [3.63, 3.8) is 0 Å². The number of para-hydroxylation sites is 1. The lowest BCUT2D eigenvalue weighted by atomic mass is 9.96. The maximum absolute atomic E-state index is 13.0. The zero-order valence-corrected chi connectivity index (χ0v) is 14.5. The van der Waals surface area contributed by atoms with E-state index in [9.17, 15) is 14.7 Å². The highest BCUT2D eigenvalue weighted by atomic mass is 16.4. The summed E-state index contributed by atoms with van der Waals surface area (Å²) in [5.41, 5.74) is 1.95. The molecule has 0 aromatic heterocycles. The number of carbonyl (C=O) groups excluding carboxylic acids is 1. The topological polar surface area (TPSA) is 57.6 Å². The predicted molar refractivity (Wildman–Crippen MR) is 95.3 cm³/mol. The summed E-state index contributed by atoms with van der Waals surface area (Å²) in [4.78, 5) is 26.3. The molecule has 0 aliphatic rings. The van der Waals surface area contributed by atoms with Gasteiger partial charge in [-0.1, -0.05) is 48.5 Å². The van der Waals surface area contributed by atoms with Crippen LogP contribution in [-0.4, -0.2) is 22.5 Å². The summed E-state index contributed by atoms with van der Waals surface area (Å²) in [7, 11) is 0. The standard InChI is InChI=1S/C20H23NO3/c1-14-9-8-10-15(2)18(14)21(20(3,4)19(23)24)17(22)13-16-11-6-5-7-12-16/h5-12H,13H2,1-4H3,(H,23,24). The number of aryl methyl sites for hydroxylation is 2. The number of amides is 1. The third kappa shape index (κ3) is 3.48. The van der Waals surface area contributed by atoms with Gasteiger partial charge in [0.05, 0.1) is 12.1 Å². The summed E-state index contributed by atoms with van der Waals surface area (Å²) < 4.78 is 0. The van der Waals surface area contributed by atoms with Crippen molar-refractivity contribution < 1.29 is 14.7 Å². The number of nitrogens with zero attached hydrogens (tertiary/aromatic N) is 1. The molecule has 1 N–H and O–H groups in total. The van der Waals surface area contributed by atoms with Gasteiger partial charge < -0.3 is 5.11 Å². The molecule has 126 valence electrons. The van der Waals surface area contributed by atoms with Crippen molar-refractivity contribution in [2.45, 2.75) is 39.7 Å². The maximum Gasteiger partial charge on any atom is 0.329 e. The van der Waals surface area contributed by atoms with E-state index in [-0.39, 0.29) is 12.3 Å². The number of hydrogen-bond donors (Lipinski definition) is 1. The SMILES string of the molecule is Cc1cccc(C)c1N(C(=O)Cc1ccccc1)C(C)(C)C(=O)O. The third-order valence-corrected chi connectivity index (χ3v) is 4.19. The molecule has 4 heteroatoms. The monoisotopic (exact) mass is 325 g/mol. The Morgan fingerprint density at radius 2 is 1.50 bits per heavy atom. The molecule has 0 fully saturated rings. The predicted octanol–water partition coefficient (Wildman–Crippen LogP) is 3.74. The van der Waals surface area contributed by atoms with Crippen LogP contribution >= 0.6 is 0 Å². The van der Waals surface area contributed by atoms with E-state index >= 15 is 0 Å². The second-order valence-corrected chi connectivity index (χ2v) is 6.50. The van der Waals surface area contributed by atoms with E-state index < -0.39 is 11.5 Å². The Morgan fingerprint density at radius 1 is 0.958 bits per heavy atom. The molecule has 0 heterocycles. The molecule has 0 unspecified atom stereocenters. The number of anilines is 1. The zero-order chi connectivity index (χ0) is 17.9. The lowest BCUT2D eigenvalue weighted by molar-refractivity contribution is -0.143. The van der Waals surface area contributed by atoms with E-state index in [0.29, 0.717) is 5.69 Å². The highest BCUT2D eigenvalue weighted by Crippen LogP contribution is 2.31. The minimum absolute atomic E-state index is 0.158. The Bertz CT molecular complexity index is 730. The van der Waals surface area contributed by atoms with Gasteiger partial charge in [0.25, 0.3) is 0 Å². The molecule has 0 radical (unpaired) electrons. The van der Waals surface area contributed by atoms with Gasteiger partial charge in [0.15, 0.2) is 0 Å². The van der Waals surface area contributed by atoms with Crippen LogP contribution in [0.25, 0.3) is 0 Å². The second-order valence-electron chi connectivity index (χ2n) is 6.50. The molecule has 0 aliphatic carbocycles. The van der Waals surface area contributed by atoms with Crippen LogP contribution in [0.15, 0.2) is 48.5 Å². The first-order chi connectivity index (χ1) is 11.2. The normalized spacial score (nSPS) is 11.2. The van der Waals surface area contributed by atoms with Gasteiger partial charge in [-0.15, -0.1) is 0 Å². The third-order valence-electron chi connectivity index (χ3n) is 4.19. The van der Waals surface area contributed by atoms with Gasteiger partial charge in [-0.25, -0.2) is 4.79 Å². The minimum Gasteiger partial charge on any atom is -0.480 e. The first-order valence-electron chi connectivity index (χ1n) is 7.91. The minimum atomic E-state index is -1.34. The van der Waals surface area contributed by atoms with Crippen molar-refractivity contribution in [3.8, 4) is 0 Å². The quantitative estimate of drug-likeness (QED) is 0.911. The van der Waals surface area contributed by atoms with Gasteiger partial charge in [-0.2, -0.15) is 0 Å². The van der Waals surface area contributed by atoms with Crippen LogP contribution in [0, 0.1) is 13.8 Å². The van der Waals surface area contributed by atoms with E-state index in [0.717, 1.165) is 16.7 Å². The summed E-state index contributed by atoms with van der Waals surface area (Å²) in [6, 6.07) is 15.1. The molecule has 2 rings (SSSR count). The van der Waals surface area contributed by atoms with Gasteiger partial charge in [-0.3, -0.25) is 9.69 Å². The molecule has 4 nitrogen and oxygen atoms in total. The van der Waals surface area contributed by atoms with Crippen molar-refractivity contribution in [1.29, 1.82) is 0 Å². The Balaban J connectivity index is 2.52. The van der Waals surface area contributed by atoms with Gasteiger partial charge >= 0.3 is 5.97 Å². The molecule has 0 spiro atoms. The van der Waals surface area contributed by atoms with Crippen LogP contribution in [0.3, 0.4) is 0 Å². The number of carboxylic acid groups (broad SMARTS) is 1. The van der Waals surface area contributed by atoms with Crippen LogP contribution in [0.5, 0.6) is 0 Å². The zero-order valence-electron chi connectivity index (χ0n) is 14.5. The fraction of sp³-hybridized carbons (Fsp3) is 0.300. The number of rotatable bonds is 5. The number of hydrogen-bond acceptors (Lipinski definition) is 2. The smallest absolute Gasteiger partial charge is 0.329 e. The Labute approximate surface area is 142 Å². The van der Waals surface area contributed by atoms with Gasteiger partial charge in [0.1, 0.15) is 5.54 Å². The van der Waals surface area contributed by atoms with Crippen molar-refractivity contribution in [1.82, 2.24) is 0 Å². The van der Waals surface area contributed by atoms with Gasteiger partial charge in [0.2, 0.25) is 5.91 Å². The molecule has 0 saturated carbocycles. The summed E-state index contributed by atoms with van der Waals surface area (Å²) in [6.45, 7) is 6.90. The van der Waals surface area contributed by atoms with Crippen LogP contribution in [0.2, 0.25) is 0 Å². The molecular weight excluding hydrogens is 302 g/mol. The summed E-state index contributed by atoms with van der Waals surface area (Å²) >= 11 is 0. The lowest BCUT2D eigenvalue weighted by Crippen LogP contribution is -2.54. The van der Waals surface area contributed by atoms with Gasteiger partial charge in [-0.05, 0) is 44.4 Å². The van der Waals surface area contributed by atoms with E-state index in [1.807, 2.05) is 62.4 Å². The average molecular weight is 325 g/mol. The highest BCUT2D eigenvalue weighted by Gasteiger charge is 2.40. The largest absolute Gasteiger partial charge is 0.480 e. The van der Waals surface area contributed by atoms with Crippen molar-refractivity contribution in [2.75, 3.05) is 4.90 Å². The molecule has 2 aromatic carbocycles. The van der Waals surface area contributed by atoms with Crippen molar-refractivity contribution >= 4 is 17.6 Å². The summed E-state index contributed by atoms with van der Waals surface area (Å²) in [5, 5.41) is 9.68. The summed E-state index contributed by atoms with van der Waals surface area (Å²) in [6.07, 6.45) is 0.158. The van der Waals surface area contributed by atoms with Crippen LogP contribution in [0.1, 0.15) is 30.5 Å². The summed E-state index contributed by atoms with van der Waals surface area (Å²) in [5.74, 6) is -1.27. The second kappa shape index (κ2) is 6.87. The Kier molecular flexibility index (Phi) is 5.07. The fourth-order valence-corrected chi connectivity index (χ4v) is 2.82. The van der Waals surface area contributed by atoms with Crippen molar-refractivity contribution in [3.05, 3.63) is 65.2 Å². The molecule has 0 atom stereocenters. The number of aliphatic carboxylic acids is 1. The molecule has 0 saturated heterocycles. The Hall–Kier alpha value is -2.62. The Morgan fingerprint density at radius 3 is 2.00 bits per heavy atom. The van der Waals surface area contributed by atoms with Crippen LogP contribution < -0.4 is 4.90 Å². The molecule has 0 aliphatic heterocycles. The first kappa shape index (κ1) is 17.7. The van der Waals surface area contributed by atoms with Crippen molar-refractivity contribution in [2.24, 2.45) is 0 Å². The van der Waals surface area contributed by atoms with E-state index in [2.05, 4.69) is 0 Å². The number of benzene rings is 2. The molecule has 2 aromatic rings. The molecule has 24 heavy (non-hydrogen) atoms. The highest BCUT2D eigenvalue weighted by molar-refractivity contribution is 6.03. The molecular formula is C20H23NO3. The fourth-order valence-electron chi connectivity index (χ4n) is 2.82. The number of carbonyl (C=O) groups is 2.